The van der Waals surface area contributed by atoms with E-state index in [1.54, 1.807) is 37.4 Å². The highest BCUT2D eigenvalue weighted by Crippen LogP contribution is 2.44. The van der Waals surface area contributed by atoms with Crippen molar-refractivity contribution < 1.29 is 18.0 Å². The molecule has 2 aromatic carbocycles. The highest BCUT2D eigenvalue weighted by atomic mass is 19.4. The predicted octanol–water partition coefficient (Wildman–Crippen LogP) is 4.41. The number of fused-ring (bicyclic) bond motifs is 1. The Morgan fingerprint density at radius 3 is 2.55 bits per heavy atom. The maximum Gasteiger partial charge on any atom is 0.416 e. The smallest absolute Gasteiger partial charge is 0.338 e. The van der Waals surface area contributed by atoms with Crippen LogP contribution in [0.3, 0.4) is 0 Å². The molecule has 0 saturated heterocycles. The highest BCUT2D eigenvalue weighted by molar-refractivity contribution is 5.88. The first-order chi connectivity index (χ1) is 14.7. The van der Waals surface area contributed by atoms with Crippen molar-refractivity contribution in [3.8, 4) is 0 Å². The molecule has 0 atom stereocenters. The molecule has 3 aromatic rings. The summed E-state index contributed by atoms with van der Waals surface area (Å²) in [5, 5.41) is 0.455. The molecule has 0 aliphatic heterocycles. The maximum atomic E-state index is 13.5. The number of H-pyrrole nitrogens is 1. The van der Waals surface area contributed by atoms with Crippen LogP contribution >= 0.6 is 0 Å². The number of nitrogens with zero attached hydrogens (tertiary/aromatic N) is 2. The number of aromatic nitrogens is 2. The summed E-state index contributed by atoms with van der Waals surface area (Å²) in [6.45, 7) is 0.0552. The number of hydrogen-bond acceptors (Lipinski definition) is 3. The van der Waals surface area contributed by atoms with Gasteiger partial charge in [-0.05, 0) is 36.6 Å². The number of amides is 1. The molecule has 1 aliphatic carbocycles. The van der Waals surface area contributed by atoms with E-state index in [1.165, 1.54) is 11.0 Å². The molecule has 0 spiro atoms. The normalized spacial score (nSPS) is 15.9. The molecule has 0 radical (unpaired) electrons. The van der Waals surface area contributed by atoms with E-state index in [4.69, 9.17) is 0 Å². The molecule has 4 rings (SSSR count). The Hall–Kier alpha value is -3.16. The fourth-order valence-corrected chi connectivity index (χ4v) is 4.47. The Morgan fingerprint density at radius 1 is 1.13 bits per heavy atom. The number of para-hydroxylation sites is 1. The van der Waals surface area contributed by atoms with Crippen molar-refractivity contribution in [2.75, 3.05) is 7.05 Å². The monoisotopic (exact) mass is 429 g/mol. The molecule has 1 heterocycles. The number of rotatable bonds is 4. The molecule has 1 N–H and O–H groups in total. The summed E-state index contributed by atoms with van der Waals surface area (Å²) < 4.78 is 39.8. The van der Waals surface area contributed by atoms with E-state index >= 15 is 0 Å². The van der Waals surface area contributed by atoms with Crippen LogP contribution in [0.5, 0.6) is 0 Å². The average Bonchev–Trinajstić information content (AvgIpc) is 3.24. The first kappa shape index (κ1) is 21.1. The number of benzene rings is 2. The van der Waals surface area contributed by atoms with Crippen LogP contribution in [-0.4, -0.2) is 27.8 Å². The van der Waals surface area contributed by atoms with Crippen LogP contribution in [0.15, 0.2) is 53.3 Å². The Morgan fingerprint density at radius 2 is 1.84 bits per heavy atom. The van der Waals surface area contributed by atoms with Gasteiger partial charge in [-0.25, -0.2) is 4.98 Å². The van der Waals surface area contributed by atoms with E-state index in [1.807, 2.05) is 0 Å². The molecule has 1 aliphatic rings. The summed E-state index contributed by atoms with van der Waals surface area (Å²) in [6.07, 6.45) is -1.97. The van der Waals surface area contributed by atoms with E-state index in [2.05, 4.69) is 9.97 Å². The van der Waals surface area contributed by atoms with E-state index in [0.29, 0.717) is 35.1 Å². The zero-order valence-electron chi connectivity index (χ0n) is 17.0. The minimum Gasteiger partial charge on any atom is -0.338 e. The van der Waals surface area contributed by atoms with Gasteiger partial charge in [0.25, 0.3) is 5.56 Å². The summed E-state index contributed by atoms with van der Waals surface area (Å²) in [6, 6.07) is 12.0. The van der Waals surface area contributed by atoms with Gasteiger partial charge in [0.2, 0.25) is 5.91 Å². The number of halogens is 3. The lowest BCUT2D eigenvalue weighted by Crippen LogP contribution is -2.43. The van der Waals surface area contributed by atoms with Crippen molar-refractivity contribution in [1.82, 2.24) is 14.9 Å². The van der Waals surface area contributed by atoms with E-state index in [0.717, 1.165) is 25.0 Å². The number of alkyl halides is 3. The minimum absolute atomic E-state index is 0.0552. The van der Waals surface area contributed by atoms with Gasteiger partial charge in [0.15, 0.2) is 0 Å². The van der Waals surface area contributed by atoms with E-state index in [-0.39, 0.29) is 18.0 Å². The van der Waals surface area contributed by atoms with Gasteiger partial charge in [0.05, 0.1) is 28.4 Å². The SMILES string of the molecule is CN(Cc1nc2ccccc2c(=O)[nH]1)C(=O)C1(c2cccc(C(F)(F)F)c2)CCCC1. The van der Waals surface area contributed by atoms with Crippen LogP contribution < -0.4 is 5.56 Å². The molecular weight excluding hydrogens is 407 g/mol. The largest absolute Gasteiger partial charge is 0.416 e. The maximum absolute atomic E-state index is 13.5. The zero-order valence-corrected chi connectivity index (χ0v) is 17.0. The topological polar surface area (TPSA) is 66.1 Å². The number of aromatic amines is 1. The molecule has 1 fully saturated rings. The second kappa shape index (κ2) is 7.83. The van der Waals surface area contributed by atoms with Crippen molar-refractivity contribution in [1.29, 1.82) is 0 Å². The number of likely N-dealkylation sites (N-methyl/N-ethyl adjacent to an activating group) is 1. The van der Waals surface area contributed by atoms with Crippen molar-refractivity contribution in [3.63, 3.8) is 0 Å². The van der Waals surface area contributed by atoms with Crippen LogP contribution in [0, 0.1) is 0 Å². The second-order valence-electron chi connectivity index (χ2n) is 8.06. The first-order valence-electron chi connectivity index (χ1n) is 10.1. The third-order valence-electron chi connectivity index (χ3n) is 6.00. The molecule has 162 valence electrons. The fourth-order valence-electron chi connectivity index (χ4n) is 4.47. The molecule has 5 nitrogen and oxygen atoms in total. The Bertz CT molecular complexity index is 1180. The van der Waals surface area contributed by atoms with Gasteiger partial charge in [-0.1, -0.05) is 43.2 Å². The summed E-state index contributed by atoms with van der Waals surface area (Å²) in [7, 11) is 1.59. The summed E-state index contributed by atoms with van der Waals surface area (Å²) >= 11 is 0. The molecule has 1 saturated carbocycles. The van der Waals surface area contributed by atoms with Crippen LogP contribution in [0.25, 0.3) is 10.9 Å². The van der Waals surface area contributed by atoms with Crippen LogP contribution in [0.4, 0.5) is 13.2 Å². The lowest BCUT2D eigenvalue weighted by atomic mass is 9.77. The Balaban J connectivity index is 1.66. The van der Waals surface area contributed by atoms with Crippen molar-refractivity contribution >= 4 is 16.8 Å². The first-order valence-corrected chi connectivity index (χ1v) is 10.1. The molecule has 0 unspecified atom stereocenters. The second-order valence-corrected chi connectivity index (χ2v) is 8.06. The van der Waals surface area contributed by atoms with Crippen molar-refractivity contribution in [3.05, 3.63) is 75.8 Å². The Kier molecular flexibility index (Phi) is 5.33. The summed E-state index contributed by atoms with van der Waals surface area (Å²) in [4.78, 5) is 34.4. The van der Waals surface area contributed by atoms with Gasteiger partial charge in [-0.2, -0.15) is 13.2 Å². The van der Waals surface area contributed by atoms with E-state index in [9.17, 15) is 22.8 Å². The van der Waals surface area contributed by atoms with Gasteiger partial charge < -0.3 is 9.88 Å². The third-order valence-corrected chi connectivity index (χ3v) is 6.00. The van der Waals surface area contributed by atoms with Gasteiger partial charge in [0, 0.05) is 7.05 Å². The number of nitrogens with one attached hydrogen (secondary N) is 1. The van der Waals surface area contributed by atoms with Gasteiger partial charge in [-0.15, -0.1) is 0 Å². The molecule has 31 heavy (non-hydrogen) atoms. The van der Waals surface area contributed by atoms with E-state index < -0.39 is 17.2 Å². The van der Waals surface area contributed by atoms with Gasteiger partial charge in [-0.3, -0.25) is 9.59 Å². The van der Waals surface area contributed by atoms with Gasteiger partial charge >= 0.3 is 6.18 Å². The lowest BCUT2D eigenvalue weighted by Gasteiger charge is -2.33. The van der Waals surface area contributed by atoms with Crippen LogP contribution in [0.2, 0.25) is 0 Å². The summed E-state index contributed by atoms with van der Waals surface area (Å²) in [5.74, 6) is 0.0665. The zero-order chi connectivity index (χ0) is 22.2. The summed E-state index contributed by atoms with van der Waals surface area (Å²) in [5.41, 5.74) is -1.15. The number of hydrogen-bond donors (Lipinski definition) is 1. The molecule has 0 bridgehead atoms. The van der Waals surface area contributed by atoms with Crippen molar-refractivity contribution in [2.24, 2.45) is 0 Å². The van der Waals surface area contributed by atoms with Crippen LogP contribution in [0.1, 0.15) is 42.6 Å². The molecule has 1 aromatic heterocycles. The standard InChI is InChI=1S/C23H22F3N3O2/c1-29(14-19-27-18-10-3-2-9-17(18)20(30)28-19)21(31)22(11-4-5-12-22)15-7-6-8-16(13-15)23(24,25)26/h2-3,6-10,13H,4-5,11-12,14H2,1H3,(H,27,28,30). The number of carbonyl (C=O) groups is 1. The van der Waals surface area contributed by atoms with Crippen molar-refractivity contribution in [2.45, 2.75) is 43.8 Å². The van der Waals surface area contributed by atoms with Gasteiger partial charge in [0.1, 0.15) is 5.82 Å². The predicted molar refractivity (Wildman–Crippen MR) is 110 cm³/mol. The third kappa shape index (κ3) is 3.94. The quantitative estimate of drug-likeness (QED) is 0.668. The molecule has 1 amide bonds. The highest BCUT2D eigenvalue weighted by Gasteiger charge is 2.45. The number of carbonyl (C=O) groups excluding carboxylic acids is 1. The average molecular weight is 429 g/mol. The Labute approximate surface area is 176 Å². The fraction of sp³-hybridized carbons (Fsp3) is 0.348. The lowest BCUT2D eigenvalue weighted by molar-refractivity contribution is -0.139. The van der Waals surface area contributed by atoms with Crippen LogP contribution in [-0.2, 0) is 22.9 Å². The molecule has 8 heteroatoms. The minimum atomic E-state index is -4.47. The molecular formula is C23H22F3N3O2.